The van der Waals surface area contributed by atoms with Gasteiger partial charge in [0.15, 0.2) is 0 Å². The van der Waals surface area contributed by atoms with E-state index in [1.54, 1.807) is 6.07 Å². The third kappa shape index (κ3) is 3.03. The Morgan fingerprint density at radius 3 is 2.85 bits per heavy atom. The number of nitrogens with one attached hydrogen (secondary N) is 1. The molecule has 0 aromatic heterocycles. The number of hydrogen-bond donors (Lipinski definition) is 2. The van der Waals surface area contributed by atoms with E-state index in [9.17, 15) is 4.39 Å². The predicted molar refractivity (Wildman–Crippen MR) is 51.3 cm³/mol. The first-order valence-electron chi connectivity index (χ1n) is 4.35. The van der Waals surface area contributed by atoms with Crippen LogP contribution in [0.2, 0.25) is 0 Å². The zero-order valence-electron chi connectivity index (χ0n) is 7.68. The zero-order valence-corrected chi connectivity index (χ0v) is 7.68. The van der Waals surface area contributed by atoms with Crippen molar-refractivity contribution in [1.29, 1.82) is 0 Å². The van der Waals surface area contributed by atoms with E-state index in [2.05, 4.69) is 5.32 Å². The molecular formula is C10H14FNO. The van der Waals surface area contributed by atoms with E-state index < -0.39 is 0 Å². The highest BCUT2D eigenvalue weighted by Crippen LogP contribution is 2.15. The largest absolute Gasteiger partial charge is 0.396 e. The van der Waals surface area contributed by atoms with Gasteiger partial charge in [0.25, 0.3) is 0 Å². The third-order valence-corrected chi connectivity index (χ3v) is 1.84. The van der Waals surface area contributed by atoms with Crippen LogP contribution in [0.25, 0.3) is 0 Å². The second-order valence-corrected chi connectivity index (χ2v) is 2.96. The lowest BCUT2D eigenvalue weighted by molar-refractivity contribution is 0.292. The maximum Gasteiger partial charge on any atom is 0.123 e. The first-order valence-corrected chi connectivity index (χ1v) is 4.35. The summed E-state index contributed by atoms with van der Waals surface area (Å²) in [7, 11) is 0. The highest BCUT2D eigenvalue weighted by Gasteiger charge is 1.97. The average molecular weight is 183 g/mol. The number of halogens is 1. The topological polar surface area (TPSA) is 32.3 Å². The highest BCUT2D eigenvalue weighted by molar-refractivity contribution is 5.50. The lowest BCUT2D eigenvalue weighted by Crippen LogP contribution is -2.04. The number of rotatable bonds is 4. The third-order valence-electron chi connectivity index (χ3n) is 1.84. The molecule has 2 nitrogen and oxygen atoms in total. The Morgan fingerprint density at radius 2 is 2.23 bits per heavy atom. The lowest BCUT2D eigenvalue weighted by atomic mass is 10.2. The van der Waals surface area contributed by atoms with Gasteiger partial charge in [-0.15, -0.1) is 0 Å². The van der Waals surface area contributed by atoms with Crippen LogP contribution >= 0.6 is 0 Å². The Hall–Kier alpha value is -1.09. The van der Waals surface area contributed by atoms with Crippen molar-refractivity contribution in [2.24, 2.45) is 0 Å². The molecule has 0 fully saturated rings. The van der Waals surface area contributed by atoms with Gasteiger partial charge in [-0.1, -0.05) is 0 Å². The van der Waals surface area contributed by atoms with Crippen molar-refractivity contribution in [3.8, 4) is 0 Å². The summed E-state index contributed by atoms with van der Waals surface area (Å²) in [5.74, 6) is -0.217. The van der Waals surface area contributed by atoms with Gasteiger partial charge < -0.3 is 10.4 Å². The molecule has 0 saturated carbocycles. The molecule has 0 amide bonds. The van der Waals surface area contributed by atoms with Gasteiger partial charge in [-0.3, -0.25) is 0 Å². The van der Waals surface area contributed by atoms with E-state index in [1.807, 2.05) is 6.92 Å². The molecule has 0 aliphatic carbocycles. The number of anilines is 1. The predicted octanol–water partition coefficient (Wildman–Crippen LogP) is 1.93. The average Bonchev–Trinajstić information content (AvgIpc) is 2.09. The fourth-order valence-corrected chi connectivity index (χ4v) is 1.13. The van der Waals surface area contributed by atoms with Crippen molar-refractivity contribution in [1.82, 2.24) is 0 Å². The van der Waals surface area contributed by atoms with Crippen molar-refractivity contribution in [2.75, 3.05) is 18.5 Å². The van der Waals surface area contributed by atoms with Crippen molar-refractivity contribution < 1.29 is 9.50 Å². The standard InChI is InChI=1S/C10H14FNO/c1-8-7-9(11)3-4-10(8)12-5-2-6-13/h3-4,7,12-13H,2,5-6H2,1H3. The smallest absolute Gasteiger partial charge is 0.123 e. The Morgan fingerprint density at radius 1 is 1.46 bits per heavy atom. The molecule has 72 valence electrons. The summed E-state index contributed by atoms with van der Waals surface area (Å²) in [5, 5.41) is 11.7. The molecule has 3 heteroatoms. The monoisotopic (exact) mass is 183 g/mol. The quantitative estimate of drug-likeness (QED) is 0.699. The molecule has 0 bridgehead atoms. The Bertz CT molecular complexity index is 276. The normalized spacial score (nSPS) is 10.1. The van der Waals surface area contributed by atoms with Crippen LogP contribution in [0.1, 0.15) is 12.0 Å². The molecule has 0 atom stereocenters. The molecule has 0 aliphatic heterocycles. The zero-order chi connectivity index (χ0) is 9.68. The Labute approximate surface area is 77.4 Å². The van der Waals surface area contributed by atoms with Crippen LogP contribution in [0.5, 0.6) is 0 Å². The van der Waals surface area contributed by atoms with Gasteiger partial charge in [0, 0.05) is 18.8 Å². The molecule has 2 N–H and O–H groups in total. The van der Waals surface area contributed by atoms with Crippen LogP contribution in [0.3, 0.4) is 0 Å². The second kappa shape index (κ2) is 4.82. The highest BCUT2D eigenvalue weighted by atomic mass is 19.1. The molecule has 1 aromatic carbocycles. The molecule has 1 aromatic rings. The van der Waals surface area contributed by atoms with E-state index in [0.717, 1.165) is 11.3 Å². The number of benzene rings is 1. The summed E-state index contributed by atoms with van der Waals surface area (Å²) in [6.07, 6.45) is 0.705. The van der Waals surface area contributed by atoms with Crippen molar-refractivity contribution in [3.63, 3.8) is 0 Å². The van der Waals surface area contributed by atoms with Crippen molar-refractivity contribution in [2.45, 2.75) is 13.3 Å². The Kier molecular flexibility index (Phi) is 3.71. The molecule has 0 unspecified atom stereocenters. The van der Waals surface area contributed by atoms with Gasteiger partial charge in [-0.2, -0.15) is 0 Å². The van der Waals surface area contributed by atoms with Gasteiger partial charge in [-0.05, 0) is 37.1 Å². The molecular weight excluding hydrogens is 169 g/mol. The second-order valence-electron chi connectivity index (χ2n) is 2.96. The van der Waals surface area contributed by atoms with Gasteiger partial charge >= 0.3 is 0 Å². The molecule has 13 heavy (non-hydrogen) atoms. The summed E-state index contributed by atoms with van der Waals surface area (Å²) >= 11 is 0. The van der Waals surface area contributed by atoms with Crippen LogP contribution in [-0.2, 0) is 0 Å². The minimum atomic E-state index is -0.217. The molecule has 0 heterocycles. The molecule has 0 spiro atoms. The fraction of sp³-hybridized carbons (Fsp3) is 0.400. The van der Waals surface area contributed by atoms with Gasteiger partial charge in [0.2, 0.25) is 0 Å². The summed E-state index contributed by atoms with van der Waals surface area (Å²) in [4.78, 5) is 0. The van der Waals surface area contributed by atoms with E-state index >= 15 is 0 Å². The maximum absolute atomic E-state index is 12.7. The first-order chi connectivity index (χ1) is 6.24. The van der Waals surface area contributed by atoms with Gasteiger partial charge in [-0.25, -0.2) is 4.39 Å². The fourth-order valence-electron chi connectivity index (χ4n) is 1.13. The maximum atomic E-state index is 12.7. The number of aliphatic hydroxyl groups is 1. The van der Waals surface area contributed by atoms with E-state index in [0.29, 0.717) is 13.0 Å². The van der Waals surface area contributed by atoms with Crippen molar-refractivity contribution in [3.05, 3.63) is 29.6 Å². The summed E-state index contributed by atoms with van der Waals surface area (Å²) in [6.45, 7) is 2.74. The van der Waals surface area contributed by atoms with Crippen LogP contribution in [0, 0.1) is 12.7 Å². The first kappa shape index (κ1) is 9.99. The van der Waals surface area contributed by atoms with E-state index in [4.69, 9.17) is 5.11 Å². The minimum Gasteiger partial charge on any atom is -0.396 e. The minimum absolute atomic E-state index is 0.174. The van der Waals surface area contributed by atoms with Crippen LogP contribution in [0.15, 0.2) is 18.2 Å². The molecule has 0 saturated heterocycles. The number of hydrogen-bond acceptors (Lipinski definition) is 2. The van der Waals surface area contributed by atoms with Crippen molar-refractivity contribution >= 4 is 5.69 Å². The summed E-state index contributed by atoms with van der Waals surface area (Å²) < 4.78 is 12.7. The van der Waals surface area contributed by atoms with Crippen LogP contribution in [0.4, 0.5) is 10.1 Å². The van der Waals surface area contributed by atoms with Gasteiger partial charge in [0.1, 0.15) is 5.82 Å². The number of aliphatic hydroxyl groups excluding tert-OH is 1. The SMILES string of the molecule is Cc1cc(F)ccc1NCCCO. The summed E-state index contributed by atoms with van der Waals surface area (Å²) in [5.41, 5.74) is 1.81. The van der Waals surface area contributed by atoms with Crippen LogP contribution < -0.4 is 5.32 Å². The Balaban J connectivity index is 2.56. The summed E-state index contributed by atoms with van der Waals surface area (Å²) in [6, 6.07) is 4.62. The molecule has 0 radical (unpaired) electrons. The molecule has 0 aliphatic rings. The lowest BCUT2D eigenvalue weighted by Gasteiger charge is -2.08. The molecule has 1 rings (SSSR count). The van der Waals surface area contributed by atoms with Crippen LogP contribution in [-0.4, -0.2) is 18.3 Å². The van der Waals surface area contributed by atoms with E-state index in [1.165, 1.54) is 12.1 Å². The van der Waals surface area contributed by atoms with Gasteiger partial charge in [0.05, 0.1) is 0 Å². The van der Waals surface area contributed by atoms with E-state index in [-0.39, 0.29) is 12.4 Å². The number of aryl methyl sites for hydroxylation is 1.